The molecule has 0 aromatic heterocycles. The lowest BCUT2D eigenvalue weighted by Gasteiger charge is -2.06. The highest BCUT2D eigenvalue weighted by atomic mass is 79.9. The molecule has 25 heavy (non-hydrogen) atoms. The van der Waals surface area contributed by atoms with Crippen LogP contribution in [0, 0.1) is 0 Å². The molecule has 0 unspecified atom stereocenters. The molecule has 2 amide bonds. The van der Waals surface area contributed by atoms with Gasteiger partial charge in [-0.1, -0.05) is 24.3 Å². The smallest absolute Gasteiger partial charge is 0.252 e. The van der Waals surface area contributed by atoms with Crippen LogP contribution in [0.5, 0.6) is 5.75 Å². The number of rotatable bonds is 7. The van der Waals surface area contributed by atoms with E-state index in [1.54, 1.807) is 36.4 Å². The number of hydrogen-bond acceptors (Lipinski definition) is 4. The minimum absolute atomic E-state index is 0.135. The van der Waals surface area contributed by atoms with Crippen molar-refractivity contribution in [3.8, 4) is 5.75 Å². The fourth-order valence-corrected chi connectivity index (χ4v) is 2.50. The van der Waals surface area contributed by atoms with Crippen LogP contribution in [0.4, 0.5) is 0 Å². The van der Waals surface area contributed by atoms with Gasteiger partial charge in [-0.3, -0.25) is 9.59 Å². The molecule has 0 atom stereocenters. The number of hydrogen-bond donors (Lipinski definition) is 3. The average Bonchev–Trinajstić information content (AvgIpc) is 2.59. The normalized spacial score (nSPS) is 10.6. The number of nitrogens with zero attached hydrogens (tertiary/aromatic N) is 1. The van der Waals surface area contributed by atoms with Gasteiger partial charge in [-0.15, -0.1) is 0 Å². The van der Waals surface area contributed by atoms with Gasteiger partial charge >= 0.3 is 0 Å². The van der Waals surface area contributed by atoms with Crippen molar-refractivity contribution >= 4 is 34.0 Å². The van der Waals surface area contributed by atoms with Gasteiger partial charge in [0.05, 0.1) is 11.8 Å². The van der Waals surface area contributed by atoms with E-state index in [9.17, 15) is 14.7 Å². The zero-order chi connectivity index (χ0) is 18.1. The van der Waals surface area contributed by atoms with E-state index in [2.05, 4.69) is 31.8 Å². The van der Waals surface area contributed by atoms with Gasteiger partial charge in [0, 0.05) is 17.4 Å². The minimum Gasteiger partial charge on any atom is -0.508 e. The van der Waals surface area contributed by atoms with E-state index >= 15 is 0 Å². The summed E-state index contributed by atoms with van der Waals surface area (Å²) in [5.41, 5.74) is 3.65. The molecule has 2 rings (SSSR count). The highest BCUT2D eigenvalue weighted by Gasteiger charge is 2.08. The summed E-state index contributed by atoms with van der Waals surface area (Å²) in [6.07, 6.45) is 2.20. The monoisotopic (exact) mass is 403 g/mol. The predicted molar refractivity (Wildman–Crippen MR) is 99.6 cm³/mol. The molecule has 0 spiro atoms. The van der Waals surface area contributed by atoms with Crippen LogP contribution in [0.25, 0.3) is 0 Å². The minimum atomic E-state index is -0.244. The third-order valence-electron chi connectivity index (χ3n) is 3.26. The fraction of sp³-hybridized carbons (Fsp3) is 0.167. The highest BCUT2D eigenvalue weighted by molar-refractivity contribution is 9.10. The maximum atomic E-state index is 12.0. The Morgan fingerprint density at radius 3 is 2.72 bits per heavy atom. The summed E-state index contributed by atoms with van der Waals surface area (Å²) in [4.78, 5) is 23.7. The van der Waals surface area contributed by atoms with Crippen molar-refractivity contribution in [1.82, 2.24) is 10.7 Å². The lowest BCUT2D eigenvalue weighted by atomic mass is 10.2. The summed E-state index contributed by atoms with van der Waals surface area (Å²) in [6, 6.07) is 13.7. The first-order chi connectivity index (χ1) is 12.1. The Balaban J connectivity index is 1.67. The van der Waals surface area contributed by atoms with Crippen LogP contribution in [0.1, 0.15) is 28.8 Å². The average molecular weight is 404 g/mol. The summed E-state index contributed by atoms with van der Waals surface area (Å²) in [7, 11) is 0. The number of carbonyl (C=O) groups excluding carboxylic acids is 2. The van der Waals surface area contributed by atoms with Gasteiger partial charge in [0.15, 0.2) is 0 Å². The summed E-state index contributed by atoms with van der Waals surface area (Å²) >= 11 is 3.32. The highest BCUT2D eigenvalue weighted by Crippen LogP contribution is 2.15. The first kappa shape index (κ1) is 18.7. The number of benzene rings is 2. The lowest BCUT2D eigenvalue weighted by molar-refractivity contribution is -0.121. The molecule has 0 aliphatic heterocycles. The van der Waals surface area contributed by atoms with Gasteiger partial charge in [0.25, 0.3) is 5.91 Å². The van der Waals surface area contributed by atoms with E-state index < -0.39 is 0 Å². The van der Waals surface area contributed by atoms with Crippen molar-refractivity contribution in [2.45, 2.75) is 12.8 Å². The number of nitrogens with one attached hydrogen (secondary N) is 2. The molecule has 0 heterocycles. The third kappa shape index (κ3) is 6.39. The molecule has 0 saturated heterocycles. The summed E-state index contributed by atoms with van der Waals surface area (Å²) in [5.74, 6) is -0.294. The van der Waals surface area contributed by atoms with Crippen molar-refractivity contribution < 1.29 is 14.7 Å². The molecule has 7 heteroatoms. The van der Waals surface area contributed by atoms with E-state index in [0.29, 0.717) is 24.1 Å². The van der Waals surface area contributed by atoms with Crippen LogP contribution >= 0.6 is 15.9 Å². The van der Waals surface area contributed by atoms with Crippen LogP contribution < -0.4 is 10.7 Å². The molecule has 0 saturated carbocycles. The fourth-order valence-electron chi connectivity index (χ4n) is 2.03. The number of carbonyl (C=O) groups is 2. The van der Waals surface area contributed by atoms with Crippen molar-refractivity contribution in [1.29, 1.82) is 0 Å². The summed E-state index contributed by atoms with van der Waals surface area (Å²) in [5, 5.41) is 15.9. The molecule has 0 aliphatic carbocycles. The van der Waals surface area contributed by atoms with E-state index in [1.165, 1.54) is 12.3 Å². The molecular formula is C18H18BrN3O3. The molecule has 130 valence electrons. The van der Waals surface area contributed by atoms with Gasteiger partial charge in [-0.25, -0.2) is 5.43 Å². The zero-order valence-electron chi connectivity index (χ0n) is 13.4. The van der Waals surface area contributed by atoms with Crippen molar-refractivity contribution in [3.05, 3.63) is 64.1 Å². The van der Waals surface area contributed by atoms with Crippen molar-refractivity contribution in [2.24, 2.45) is 5.10 Å². The van der Waals surface area contributed by atoms with E-state index in [0.717, 1.165) is 4.47 Å². The molecule has 0 aliphatic rings. The van der Waals surface area contributed by atoms with Crippen LogP contribution in [0.2, 0.25) is 0 Å². The topological polar surface area (TPSA) is 90.8 Å². The molecule has 6 nitrogen and oxygen atoms in total. The second kappa shape index (κ2) is 9.58. The quantitative estimate of drug-likeness (QED) is 0.377. The summed E-state index contributed by atoms with van der Waals surface area (Å²) < 4.78 is 0.728. The Labute approximate surface area is 154 Å². The third-order valence-corrected chi connectivity index (χ3v) is 3.95. The molecular weight excluding hydrogens is 386 g/mol. The maximum absolute atomic E-state index is 12.0. The zero-order valence-corrected chi connectivity index (χ0v) is 15.0. The van der Waals surface area contributed by atoms with Gasteiger partial charge in [0.2, 0.25) is 5.91 Å². The maximum Gasteiger partial charge on any atom is 0.252 e. The number of amides is 2. The van der Waals surface area contributed by atoms with Crippen molar-refractivity contribution in [2.75, 3.05) is 6.54 Å². The van der Waals surface area contributed by atoms with E-state index in [4.69, 9.17) is 0 Å². The van der Waals surface area contributed by atoms with Crippen LogP contribution in [0.3, 0.4) is 0 Å². The molecule has 0 bridgehead atoms. The Kier molecular flexibility index (Phi) is 7.16. The lowest BCUT2D eigenvalue weighted by Crippen LogP contribution is -2.26. The van der Waals surface area contributed by atoms with Gasteiger partial charge in [-0.2, -0.15) is 5.10 Å². The number of hydrazone groups is 1. The second-order valence-electron chi connectivity index (χ2n) is 5.23. The number of phenolic OH excluding ortho intramolecular Hbond substituents is 1. The number of phenols is 1. The molecule has 0 radical (unpaired) electrons. The van der Waals surface area contributed by atoms with Gasteiger partial charge in [-0.05, 0) is 52.2 Å². The van der Waals surface area contributed by atoms with Gasteiger partial charge in [0.1, 0.15) is 5.75 Å². The Morgan fingerprint density at radius 2 is 1.96 bits per heavy atom. The molecule has 2 aromatic carbocycles. The van der Waals surface area contributed by atoms with Crippen LogP contribution in [-0.4, -0.2) is 29.7 Å². The standard InChI is InChI=1S/C18H18BrN3O3/c19-16-8-2-1-7-15(16)18(25)20-10-4-9-17(24)22-21-12-13-5-3-6-14(23)11-13/h1-3,5-8,11-12,23H,4,9-10H2,(H,20,25)(H,22,24). The Hall–Kier alpha value is -2.67. The summed E-state index contributed by atoms with van der Waals surface area (Å²) in [6.45, 7) is 0.393. The second-order valence-corrected chi connectivity index (χ2v) is 6.08. The molecule has 2 aromatic rings. The van der Waals surface area contributed by atoms with Crippen molar-refractivity contribution in [3.63, 3.8) is 0 Å². The van der Waals surface area contributed by atoms with Crippen LogP contribution in [-0.2, 0) is 4.79 Å². The number of halogens is 1. The first-order valence-corrected chi connectivity index (χ1v) is 8.49. The molecule has 0 fully saturated rings. The predicted octanol–water partition coefficient (Wildman–Crippen LogP) is 2.82. The first-order valence-electron chi connectivity index (χ1n) is 7.70. The van der Waals surface area contributed by atoms with E-state index in [1.807, 2.05) is 6.07 Å². The van der Waals surface area contributed by atoms with Crippen LogP contribution in [0.15, 0.2) is 58.1 Å². The van der Waals surface area contributed by atoms with Gasteiger partial charge < -0.3 is 10.4 Å². The molecule has 3 N–H and O–H groups in total. The number of aromatic hydroxyl groups is 1. The Morgan fingerprint density at radius 1 is 1.16 bits per heavy atom. The van der Waals surface area contributed by atoms with E-state index in [-0.39, 0.29) is 24.0 Å². The Bertz CT molecular complexity index is 778. The SMILES string of the molecule is O=C(CCCNC(=O)c1ccccc1Br)NN=Cc1cccc(O)c1. The largest absolute Gasteiger partial charge is 0.508 e.